The number of aromatic carboxylic acids is 1. The van der Waals surface area contributed by atoms with Crippen molar-refractivity contribution < 1.29 is 14.7 Å². The van der Waals surface area contributed by atoms with Gasteiger partial charge in [0.1, 0.15) is 0 Å². The number of thiophene rings is 1. The minimum Gasteiger partial charge on any atom is -0.476 e. The zero-order chi connectivity index (χ0) is 14.5. The predicted molar refractivity (Wildman–Crippen MR) is 76.0 cm³/mol. The van der Waals surface area contributed by atoms with Gasteiger partial charge in [-0.1, -0.05) is 11.6 Å². The summed E-state index contributed by atoms with van der Waals surface area (Å²) in [6.45, 7) is 0. The average molecular weight is 310 g/mol. The lowest BCUT2D eigenvalue weighted by molar-refractivity contribution is -0.111. The number of hydrogen-bond acceptors (Lipinski definition) is 5. The summed E-state index contributed by atoms with van der Waals surface area (Å²) in [5, 5.41) is 11.3. The van der Waals surface area contributed by atoms with Gasteiger partial charge in [0.15, 0.2) is 11.5 Å². The summed E-state index contributed by atoms with van der Waals surface area (Å²) in [4.78, 5) is 30.8. The summed E-state index contributed by atoms with van der Waals surface area (Å²) < 4.78 is 0.618. The molecule has 102 valence electrons. The van der Waals surface area contributed by atoms with Gasteiger partial charge in [-0.2, -0.15) is 0 Å². The van der Waals surface area contributed by atoms with Crippen LogP contribution in [0, 0.1) is 0 Å². The Morgan fingerprint density at radius 1 is 1.30 bits per heavy atom. The van der Waals surface area contributed by atoms with Crippen molar-refractivity contribution in [1.29, 1.82) is 0 Å². The van der Waals surface area contributed by atoms with E-state index in [1.54, 1.807) is 18.2 Å². The fourth-order valence-electron chi connectivity index (χ4n) is 1.32. The van der Waals surface area contributed by atoms with Gasteiger partial charge in [-0.25, -0.2) is 14.8 Å². The number of rotatable bonds is 4. The molecule has 20 heavy (non-hydrogen) atoms. The molecule has 6 nitrogen and oxygen atoms in total. The van der Waals surface area contributed by atoms with Crippen LogP contribution in [0.4, 0.5) is 5.82 Å². The van der Waals surface area contributed by atoms with Gasteiger partial charge in [-0.15, -0.1) is 11.3 Å². The topological polar surface area (TPSA) is 92.2 Å². The number of aromatic nitrogens is 2. The molecule has 0 saturated carbocycles. The Morgan fingerprint density at radius 3 is 2.70 bits per heavy atom. The highest BCUT2D eigenvalue weighted by Gasteiger charge is 2.13. The molecule has 0 saturated heterocycles. The second kappa shape index (κ2) is 6.27. The number of carboxylic acid groups (broad SMARTS) is 1. The van der Waals surface area contributed by atoms with Crippen molar-refractivity contribution in [3.8, 4) is 0 Å². The first kappa shape index (κ1) is 14.2. The number of carboxylic acids is 1. The minimum atomic E-state index is -1.26. The van der Waals surface area contributed by atoms with Gasteiger partial charge in [0.2, 0.25) is 5.91 Å². The Bertz CT molecular complexity index is 684. The third-order valence-corrected chi connectivity index (χ3v) is 3.33. The molecule has 2 aromatic heterocycles. The lowest BCUT2D eigenvalue weighted by Gasteiger charge is -2.03. The van der Waals surface area contributed by atoms with Gasteiger partial charge in [-0.3, -0.25) is 4.79 Å². The minimum absolute atomic E-state index is 0.0983. The van der Waals surface area contributed by atoms with Crippen molar-refractivity contribution in [3.63, 3.8) is 0 Å². The number of amides is 1. The molecule has 0 aliphatic rings. The van der Waals surface area contributed by atoms with Crippen molar-refractivity contribution in [2.45, 2.75) is 0 Å². The van der Waals surface area contributed by atoms with E-state index in [1.165, 1.54) is 29.8 Å². The molecule has 0 unspecified atom stereocenters. The number of carbonyl (C=O) groups is 2. The Hall–Kier alpha value is -2.25. The highest BCUT2D eigenvalue weighted by atomic mass is 35.5. The fourth-order valence-corrected chi connectivity index (χ4v) is 2.28. The van der Waals surface area contributed by atoms with E-state index in [1.807, 2.05) is 0 Å². The Balaban J connectivity index is 2.09. The number of carbonyl (C=O) groups excluding carboxylic acids is 1. The summed E-state index contributed by atoms with van der Waals surface area (Å²) in [6.07, 6.45) is 5.37. The Labute approximate surface area is 122 Å². The first-order chi connectivity index (χ1) is 9.56. The van der Waals surface area contributed by atoms with Gasteiger partial charge in [0, 0.05) is 23.3 Å². The molecule has 0 aliphatic heterocycles. The van der Waals surface area contributed by atoms with Gasteiger partial charge in [-0.05, 0) is 18.2 Å². The number of nitrogens with zero attached hydrogens (tertiary/aromatic N) is 2. The Kier molecular flexibility index (Phi) is 4.44. The molecule has 8 heteroatoms. The standard InChI is InChI=1S/C12H8ClN3O3S/c13-8-3-1-7(20-8)2-4-9(17)16-11-10(12(18)19)14-5-6-15-11/h1-6H,(H,18,19)(H,15,16,17). The normalized spacial score (nSPS) is 10.7. The summed E-state index contributed by atoms with van der Waals surface area (Å²) in [5.41, 5.74) is -0.312. The maximum absolute atomic E-state index is 11.7. The monoisotopic (exact) mass is 309 g/mol. The second-order valence-electron chi connectivity index (χ2n) is 3.52. The number of halogens is 1. The van der Waals surface area contributed by atoms with E-state index >= 15 is 0 Å². The summed E-state index contributed by atoms with van der Waals surface area (Å²) in [5.74, 6) is -1.86. The highest BCUT2D eigenvalue weighted by Crippen LogP contribution is 2.22. The van der Waals surface area contributed by atoms with E-state index in [2.05, 4.69) is 15.3 Å². The molecule has 0 fully saturated rings. The first-order valence-corrected chi connectivity index (χ1v) is 6.54. The zero-order valence-electron chi connectivity index (χ0n) is 9.91. The van der Waals surface area contributed by atoms with Crippen LogP contribution in [-0.4, -0.2) is 27.0 Å². The highest BCUT2D eigenvalue weighted by molar-refractivity contribution is 7.17. The quantitative estimate of drug-likeness (QED) is 0.847. The summed E-state index contributed by atoms with van der Waals surface area (Å²) in [6, 6.07) is 3.48. The van der Waals surface area contributed by atoms with Crippen LogP contribution in [-0.2, 0) is 4.79 Å². The van der Waals surface area contributed by atoms with Crippen LogP contribution in [0.25, 0.3) is 6.08 Å². The largest absolute Gasteiger partial charge is 0.476 e. The van der Waals surface area contributed by atoms with Crippen LogP contribution in [0.2, 0.25) is 4.34 Å². The van der Waals surface area contributed by atoms with Crippen molar-refractivity contribution in [1.82, 2.24) is 9.97 Å². The maximum atomic E-state index is 11.7. The molecular weight excluding hydrogens is 302 g/mol. The summed E-state index contributed by atoms with van der Waals surface area (Å²) >= 11 is 7.08. The zero-order valence-corrected chi connectivity index (χ0v) is 11.5. The van der Waals surface area contributed by atoms with Crippen LogP contribution >= 0.6 is 22.9 Å². The molecular formula is C12H8ClN3O3S. The van der Waals surface area contributed by atoms with Crippen molar-refractivity contribution in [2.75, 3.05) is 5.32 Å². The fraction of sp³-hybridized carbons (Fsp3) is 0. The van der Waals surface area contributed by atoms with Gasteiger partial charge < -0.3 is 10.4 Å². The number of hydrogen-bond donors (Lipinski definition) is 2. The van der Waals surface area contributed by atoms with Crippen LogP contribution in [0.15, 0.2) is 30.6 Å². The van der Waals surface area contributed by atoms with Crippen LogP contribution in [0.1, 0.15) is 15.4 Å². The smallest absolute Gasteiger partial charge is 0.358 e. The molecule has 0 radical (unpaired) electrons. The second-order valence-corrected chi connectivity index (χ2v) is 5.27. The van der Waals surface area contributed by atoms with E-state index in [0.717, 1.165) is 4.88 Å². The average Bonchev–Trinajstić information content (AvgIpc) is 2.83. The van der Waals surface area contributed by atoms with Crippen molar-refractivity contribution in [3.05, 3.63) is 45.5 Å². The summed E-state index contributed by atoms with van der Waals surface area (Å²) in [7, 11) is 0. The van der Waals surface area contributed by atoms with Gasteiger partial charge >= 0.3 is 5.97 Å². The van der Waals surface area contributed by atoms with E-state index in [0.29, 0.717) is 4.34 Å². The van der Waals surface area contributed by atoms with Crippen LogP contribution < -0.4 is 5.32 Å². The lowest BCUT2D eigenvalue weighted by Crippen LogP contribution is -2.14. The number of anilines is 1. The first-order valence-electron chi connectivity index (χ1n) is 5.35. The molecule has 0 atom stereocenters. The molecule has 2 rings (SSSR count). The molecule has 0 aromatic carbocycles. The SMILES string of the molecule is O=C(C=Cc1ccc(Cl)s1)Nc1nccnc1C(=O)O. The van der Waals surface area contributed by atoms with E-state index in [-0.39, 0.29) is 11.5 Å². The van der Waals surface area contributed by atoms with Gasteiger partial charge in [0.25, 0.3) is 0 Å². The van der Waals surface area contributed by atoms with Crippen molar-refractivity contribution >= 4 is 46.7 Å². The molecule has 1 amide bonds. The molecule has 0 spiro atoms. The van der Waals surface area contributed by atoms with Gasteiger partial charge in [0.05, 0.1) is 4.34 Å². The van der Waals surface area contributed by atoms with E-state index in [4.69, 9.17) is 16.7 Å². The number of nitrogens with one attached hydrogen (secondary N) is 1. The Morgan fingerprint density at radius 2 is 2.05 bits per heavy atom. The lowest BCUT2D eigenvalue weighted by atomic mass is 10.3. The van der Waals surface area contributed by atoms with E-state index < -0.39 is 11.9 Å². The van der Waals surface area contributed by atoms with Crippen LogP contribution in [0.5, 0.6) is 0 Å². The van der Waals surface area contributed by atoms with Crippen LogP contribution in [0.3, 0.4) is 0 Å². The predicted octanol–water partition coefficient (Wildman–Crippen LogP) is 2.54. The molecule has 0 aliphatic carbocycles. The molecule has 2 aromatic rings. The van der Waals surface area contributed by atoms with E-state index in [9.17, 15) is 9.59 Å². The van der Waals surface area contributed by atoms with Crippen molar-refractivity contribution in [2.24, 2.45) is 0 Å². The molecule has 0 bridgehead atoms. The maximum Gasteiger partial charge on any atom is 0.358 e. The molecule has 2 heterocycles. The third kappa shape index (κ3) is 3.62. The molecule has 2 N–H and O–H groups in total. The third-order valence-electron chi connectivity index (χ3n) is 2.14.